The summed E-state index contributed by atoms with van der Waals surface area (Å²) in [5.74, 6) is -0.120. The highest BCUT2D eigenvalue weighted by molar-refractivity contribution is 6.05. The first-order chi connectivity index (χ1) is 12.9. The fourth-order valence-electron chi connectivity index (χ4n) is 3.68. The molecule has 7 nitrogen and oxygen atoms in total. The van der Waals surface area contributed by atoms with E-state index in [0.29, 0.717) is 29.1 Å². The van der Waals surface area contributed by atoms with E-state index in [0.717, 1.165) is 0 Å². The summed E-state index contributed by atoms with van der Waals surface area (Å²) in [4.78, 5) is 25.8. The smallest absolute Gasteiger partial charge is 0.330 e. The van der Waals surface area contributed by atoms with E-state index >= 15 is 0 Å². The minimum atomic E-state index is -1.78. The average Bonchev–Trinajstić information content (AvgIpc) is 3.23. The van der Waals surface area contributed by atoms with Gasteiger partial charge in [-0.25, -0.2) is 0 Å². The van der Waals surface area contributed by atoms with Gasteiger partial charge in [-0.05, 0) is 35.6 Å². The van der Waals surface area contributed by atoms with Gasteiger partial charge < -0.3 is 23.7 Å². The summed E-state index contributed by atoms with van der Waals surface area (Å²) in [6, 6.07) is 5.17. The van der Waals surface area contributed by atoms with Crippen LogP contribution in [0, 0.1) is 11.3 Å². The number of methoxy groups -OCH3 is 2. The second-order valence-electron chi connectivity index (χ2n) is 7.06. The molecule has 0 aliphatic carbocycles. The lowest BCUT2D eigenvalue weighted by atomic mass is 9.73. The number of carbonyl (C=O) groups is 2. The summed E-state index contributed by atoms with van der Waals surface area (Å²) in [7, 11) is 2.46. The number of hydrogen-bond acceptors (Lipinski definition) is 7. The van der Waals surface area contributed by atoms with Gasteiger partial charge >= 0.3 is 11.9 Å². The lowest BCUT2D eigenvalue weighted by Crippen LogP contribution is -2.45. The Kier molecular flexibility index (Phi) is 5.15. The number of hydrogen-bond donors (Lipinski definition) is 0. The van der Waals surface area contributed by atoms with Crippen LogP contribution in [0.25, 0.3) is 0 Å². The minimum Gasteiger partial charge on any atom is -0.468 e. The molecule has 1 fully saturated rings. The Hall–Kier alpha value is -2.54. The molecule has 2 heterocycles. The van der Waals surface area contributed by atoms with Crippen molar-refractivity contribution >= 4 is 11.9 Å². The molecular weight excluding hydrogens is 352 g/mol. The molecular formula is C20H24O7. The zero-order chi connectivity index (χ0) is 19.8. The van der Waals surface area contributed by atoms with Gasteiger partial charge in [0.2, 0.25) is 12.2 Å². The molecule has 1 saturated heterocycles. The van der Waals surface area contributed by atoms with E-state index in [9.17, 15) is 9.59 Å². The molecule has 0 aromatic heterocycles. The van der Waals surface area contributed by atoms with Crippen molar-refractivity contribution in [3.63, 3.8) is 0 Å². The van der Waals surface area contributed by atoms with Crippen LogP contribution in [0.5, 0.6) is 11.5 Å². The molecule has 3 rings (SSSR count). The molecule has 2 atom stereocenters. The lowest BCUT2D eigenvalue weighted by molar-refractivity contribution is -0.171. The third-order valence-electron chi connectivity index (χ3n) is 4.99. The first kappa shape index (κ1) is 19.2. The zero-order valence-electron chi connectivity index (χ0n) is 15.9. The highest BCUT2D eigenvalue weighted by Gasteiger charge is 2.64. The van der Waals surface area contributed by atoms with Crippen LogP contribution >= 0.6 is 0 Å². The van der Waals surface area contributed by atoms with E-state index in [1.807, 2.05) is 13.8 Å². The van der Waals surface area contributed by atoms with Gasteiger partial charge in [-0.2, -0.15) is 0 Å². The van der Waals surface area contributed by atoms with Crippen molar-refractivity contribution in [1.82, 2.24) is 0 Å². The summed E-state index contributed by atoms with van der Waals surface area (Å²) in [6.07, 6.45) is -0.822. The molecule has 2 unspecified atom stereocenters. The van der Waals surface area contributed by atoms with Gasteiger partial charge in [0.25, 0.3) is 0 Å². The summed E-state index contributed by atoms with van der Waals surface area (Å²) in [5, 5.41) is 0. The fraction of sp³-hybridized carbons (Fsp3) is 0.500. The molecule has 1 aromatic carbocycles. The number of ether oxygens (including phenoxy) is 5. The third-order valence-corrected chi connectivity index (χ3v) is 4.99. The molecule has 1 aromatic rings. The summed E-state index contributed by atoms with van der Waals surface area (Å²) in [5.41, 5.74) is -0.850. The SMILES string of the molecule is C=C1C(CC(C)C)OC(c2ccc3c(c2)OCO3)C1(C(=O)OC)C(=O)OC. The van der Waals surface area contributed by atoms with Crippen molar-refractivity contribution in [3.8, 4) is 11.5 Å². The molecule has 146 valence electrons. The Bertz CT molecular complexity index is 752. The fourth-order valence-corrected chi connectivity index (χ4v) is 3.68. The number of fused-ring (bicyclic) bond motifs is 1. The van der Waals surface area contributed by atoms with E-state index < -0.39 is 29.6 Å². The Morgan fingerprint density at radius 2 is 1.81 bits per heavy atom. The number of benzene rings is 1. The molecule has 0 N–H and O–H groups in total. The molecule has 0 spiro atoms. The lowest BCUT2D eigenvalue weighted by Gasteiger charge is -2.29. The van der Waals surface area contributed by atoms with E-state index in [1.54, 1.807) is 18.2 Å². The Morgan fingerprint density at radius 1 is 1.19 bits per heavy atom. The second kappa shape index (κ2) is 7.23. The van der Waals surface area contributed by atoms with Crippen molar-refractivity contribution < 1.29 is 33.3 Å². The van der Waals surface area contributed by atoms with E-state index in [-0.39, 0.29) is 12.7 Å². The molecule has 0 radical (unpaired) electrons. The van der Waals surface area contributed by atoms with E-state index in [1.165, 1.54) is 14.2 Å². The zero-order valence-corrected chi connectivity index (χ0v) is 15.9. The van der Waals surface area contributed by atoms with Crippen molar-refractivity contribution in [1.29, 1.82) is 0 Å². The summed E-state index contributed by atoms with van der Waals surface area (Å²) in [6.45, 7) is 8.22. The van der Waals surface area contributed by atoms with Crippen molar-refractivity contribution in [3.05, 3.63) is 35.9 Å². The van der Waals surface area contributed by atoms with Crippen LogP contribution in [0.3, 0.4) is 0 Å². The van der Waals surface area contributed by atoms with Gasteiger partial charge in [0.05, 0.1) is 20.3 Å². The Balaban J connectivity index is 2.13. The van der Waals surface area contributed by atoms with Crippen LogP contribution < -0.4 is 9.47 Å². The normalized spacial score (nSPS) is 22.8. The van der Waals surface area contributed by atoms with E-state index in [2.05, 4.69) is 6.58 Å². The third kappa shape index (κ3) is 2.96. The molecule has 0 amide bonds. The first-order valence-corrected chi connectivity index (χ1v) is 8.77. The van der Waals surface area contributed by atoms with Gasteiger partial charge in [0.1, 0.15) is 6.10 Å². The topological polar surface area (TPSA) is 80.3 Å². The number of carbonyl (C=O) groups excluding carboxylic acids is 2. The maximum Gasteiger partial charge on any atom is 0.330 e. The van der Waals surface area contributed by atoms with Crippen molar-refractivity contribution in [2.45, 2.75) is 32.5 Å². The van der Waals surface area contributed by atoms with Crippen LogP contribution in [-0.2, 0) is 23.8 Å². The van der Waals surface area contributed by atoms with Crippen LogP contribution in [0.4, 0.5) is 0 Å². The standard InChI is InChI=1S/C20H24O7/c1-11(2)8-15-12(3)20(18(21)23-4,19(22)24-5)17(27-15)13-6-7-14-16(9-13)26-10-25-14/h6-7,9,11,15,17H,3,8,10H2,1-2,4-5H3. The maximum atomic E-state index is 12.9. The van der Waals surface area contributed by atoms with Crippen molar-refractivity contribution in [2.75, 3.05) is 21.0 Å². The number of rotatable bonds is 5. The predicted octanol–water partition coefficient (Wildman–Crippen LogP) is 2.79. The molecule has 0 bridgehead atoms. The second-order valence-corrected chi connectivity index (χ2v) is 7.06. The van der Waals surface area contributed by atoms with Gasteiger partial charge in [-0.1, -0.05) is 26.5 Å². The van der Waals surface area contributed by atoms with Crippen LogP contribution in [0.1, 0.15) is 31.9 Å². The van der Waals surface area contributed by atoms with Gasteiger partial charge in [0.15, 0.2) is 11.5 Å². The van der Waals surface area contributed by atoms with E-state index in [4.69, 9.17) is 23.7 Å². The minimum absolute atomic E-state index is 0.117. The first-order valence-electron chi connectivity index (χ1n) is 8.77. The van der Waals surface area contributed by atoms with Gasteiger partial charge in [0, 0.05) is 0 Å². The largest absolute Gasteiger partial charge is 0.468 e. The highest BCUT2D eigenvalue weighted by Crippen LogP contribution is 2.54. The van der Waals surface area contributed by atoms with Crippen LogP contribution in [0.15, 0.2) is 30.4 Å². The van der Waals surface area contributed by atoms with Gasteiger partial charge in [-0.15, -0.1) is 0 Å². The molecule has 2 aliphatic heterocycles. The Labute approximate surface area is 158 Å². The highest BCUT2D eigenvalue weighted by atomic mass is 16.7. The van der Waals surface area contributed by atoms with Gasteiger partial charge in [-0.3, -0.25) is 9.59 Å². The predicted molar refractivity (Wildman–Crippen MR) is 95.2 cm³/mol. The number of esters is 2. The molecule has 2 aliphatic rings. The summed E-state index contributed by atoms with van der Waals surface area (Å²) >= 11 is 0. The molecule has 0 saturated carbocycles. The molecule has 7 heteroatoms. The quantitative estimate of drug-likeness (QED) is 0.444. The van der Waals surface area contributed by atoms with Crippen LogP contribution in [-0.4, -0.2) is 39.1 Å². The molecule has 27 heavy (non-hydrogen) atoms. The van der Waals surface area contributed by atoms with Crippen molar-refractivity contribution in [2.24, 2.45) is 11.3 Å². The monoisotopic (exact) mass is 376 g/mol. The van der Waals surface area contributed by atoms with Crippen LogP contribution in [0.2, 0.25) is 0 Å². The average molecular weight is 376 g/mol. The summed E-state index contributed by atoms with van der Waals surface area (Å²) < 4.78 is 26.9. The maximum absolute atomic E-state index is 12.9. The Morgan fingerprint density at radius 3 is 2.41 bits per heavy atom.